The van der Waals surface area contributed by atoms with Crippen LogP contribution in [0.2, 0.25) is 0 Å². The summed E-state index contributed by atoms with van der Waals surface area (Å²) in [6.07, 6.45) is 1.88. The van der Waals surface area contributed by atoms with Crippen LogP contribution in [0.5, 0.6) is 5.75 Å². The van der Waals surface area contributed by atoms with Gasteiger partial charge in [0, 0.05) is 28.3 Å². The average Bonchev–Trinajstić information content (AvgIpc) is 2.84. The molecule has 1 heterocycles. The van der Waals surface area contributed by atoms with Gasteiger partial charge in [-0.3, -0.25) is 4.79 Å². The summed E-state index contributed by atoms with van der Waals surface area (Å²) in [6, 6.07) is 26.7. The fourth-order valence-corrected chi connectivity index (χ4v) is 3.68. The lowest BCUT2D eigenvalue weighted by molar-refractivity contribution is -0.111. The van der Waals surface area contributed by atoms with E-state index in [-0.39, 0.29) is 5.91 Å². The number of amides is 1. The number of benzene rings is 3. The topological polar surface area (TPSA) is 76.1 Å². The minimum absolute atomic E-state index is 0.204. The number of carbonyl (C=O) groups excluding carboxylic acids is 1. The van der Waals surface area contributed by atoms with E-state index in [2.05, 4.69) is 20.6 Å². The lowest BCUT2D eigenvalue weighted by Gasteiger charge is -2.12. The number of nitrogens with zero attached hydrogens (tertiary/aromatic N) is 2. The molecule has 0 saturated heterocycles. The molecule has 4 rings (SSSR count). The molecule has 1 aromatic heterocycles. The van der Waals surface area contributed by atoms with Crippen molar-refractivity contribution in [2.75, 3.05) is 17.2 Å². The zero-order chi connectivity index (χ0) is 24.6. The molecule has 2 N–H and O–H groups in total. The fourth-order valence-electron chi connectivity index (χ4n) is 3.68. The number of anilines is 3. The molecule has 0 aliphatic rings. The van der Waals surface area contributed by atoms with Gasteiger partial charge in [-0.1, -0.05) is 48.5 Å². The van der Waals surface area contributed by atoms with E-state index in [1.165, 1.54) is 0 Å². The van der Waals surface area contributed by atoms with Gasteiger partial charge in [-0.2, -0.15) is 0 Å². The Hall–Kier alpha value is -4.45. The zero-order valence-electron chi connectivity index (χ0n) is 20.1. The number of hydrogen-bond donors (Lipinski definition) is 2. The van der Waals surface area contributed by atoms with Gasteiger partial charge in [0.1, 0.15) is 5.75 Å². The first-order valence-corrected chi connectivity index (χ1v) is 11.5. The molecule has 6 nitrogen and oxygen atoms in total. The average molecular weight is 465 g/mol. The van der Waals surface area contributed by atoms with Gasteiger partial charge in [-0.05, 0) is 74.4 Å². The molecule has 0 aliphatic carbocycles. The van der Waals surface area contributed by atoms with Gasteiger partial charge in [0.25, 0.3) is 5.91 Å². The molecule has 0 bridgehead atoms. The van der Waals surface area contributed by atoms with Crippen molar-refractivity contribution in [3.05, 3.63) is 107 Å². The van der Waals surface area contributed by atoms with Crippen molar-refractivity contribution in [3.8, 4) is 5.75 Å². The van der Waals surface area contributed by atoms with E-state index in [4.69, 9.17) is 4.74 Å². The van der Waals surface area contributed by atoms with E-state index >= 15 is 0 Å². The predicted molar refractivity (Wildman–Crippen MR) is 142 cm³/mol. The Morgan fingerprint density at radius 1 is 0.857 bits per heavy atom. The van der Waals surface area contributed by atoms with E-state index in [0.29, 0.717) is 23.8 Å². The third kappa shape index (κ3) is 6.54. The molecule has 3 aromatic carbocycles. The molecule has 176 valence electrons. The summed E-state index contributed by atoms with van der Waals surface area (Å²) in [5.41, 5.74) is 5.52. The predicted octanol–water partition coefficient (Wildman–Crippen LogP) is 6.42. The van der Waals surface area contributed by atoms with Gasteiger partial charge in [0.2, 0.25) is 5.95 Å². The second kappa shape index (κ2) is 11.1. The molecule has 0 fully saturated rings. The summed E-state index contributed by atoms with van der Waals surface area (Å²) in [5, 5.41) is 6.24. The number of aryl methyl sites for hydroxylation is 2. The molecular weight excluding hydrogens is 436 g/mol. The van der Waals surface area contributed by atoms with Gasteiger partial charge in [-0.25, -0.2) is 9.97 Å². The molecule has 4 aromatic rings. The summed E-state index contributed by atoms with van der Waals surface area (Å²) >= 11 is 0. The largest absolute Gasteiger partial charge is 0.494 e. The number of ether oxygens (including phenoxy) is 1. The van der Waals surface area contributed by atoms with E-state index in [1.807, 2.05) is 112 Å². The van der Waals surface area contributed by atoms with Crippen LogP contribution in [0.15, 0.2) is 84.9 Å². The molecule has 1 amide bonds. The molecule has 35 heavy (non-hydrogen) atoms. The van der Waals surface area contributed by atoms with E-state index in [9.17, 15) is 4.79 Å². The Morgan fingerprint density at radius 3 is 2.23 bits per heavy atom. The molecule has 0 aliphatic heterocycles. The van der Waals surface area contributed by atoms with Crippen LogP contribution in [-0.2, 0) is 4.79 Å². The van der Waals surface area contributed by atoms with Crippen LogP contribution in [0.4, 0.5) is 17.3 Å². The smallest absolute Gasteiger partial charge is 0.256 e. The molecule has 0 saturated carbocycles. The Morgan fingerprint density at radius 2 is 1.54 bits per heavy atom. The number of aromatic nitrogens is 2. The number of nitrogens with one attached hydrogen (secondary N) is 2. The van der Waals surface area contributed by atoms with Crippen LogP contribution in [0.1, 0.15) is 29.4 Å². The van der Waals surface area contributed by atoms with Gasteiger partial charge in [-0.15, -0.1) is 0 Å². The highest BCUT2D eigenvalue weighted by molar-refractivity contribution is 6.29. The number of carbonyl (C=O) groups is 1. The minimum atomic E-state index is -0.204. The van der Waals surface area contributed by atoms with Crippen LogP contribution in [0.25, 0.3) is 11.6 Å². The van der Waals surface area contributed by atoms with Gasteiger partial charge in [0.05, 0.1) is 6.61 Å². The quantitative estimate of drug-likeness (QED) is 0.233. The van der Waals surface area contributed by atoms with Gasteiger partial charge in [0.15, 0.2) is 0 Å². The first-order valence-electron chi connectivity index (χ1n) is 11.5. The molecule has 0 atom stereocenters. The van der Waals surface area contributed by atoms with Crippen LogP contribution < -0.4 is 15.4 Å². The highest BCUT2D eigenvalue weighted by Gasteiger charge is 2.13. The molecule has 6 heteroatoms. The third-order valence-electron chi connectivity index (χ3n) is 5.19. The van der Waals surface area contributed by atoms with Gasteiger partial charge < -0.3 is 15.4 Å². The molecular formula is C29H28N4O2. The summed E-state index contributed by atoms with van der Waals surface area (Å²) in [5.74, 6) is 1.11. The maximum Gasteiger partial charge on any atom is 0.256 e. The van der Waals surface area contributed by atoms with Crippen LogP contribution in [0.3, 0.4) is 0 Å². The maximum absolute atomic E-state index is 13.4. The molecule has 0 radical (unpaired) electrons. The lowest BCUT2D eigenvalue weighted by atomic mass is 10.0. The van der Waals surface area contributed by atoms with E-state index in [1.54, 1.807) is 0 Å². The Kier molecular flexibility index (Phi) is 7.53. The monoisotopic (exact) mass is 464 g/mol. The van der Waals surface area contributed by atoms with E-state index < -0.39 is 0 Å². The lowest BCUT2D eigenvalue weighted by Crippen LogP contribution is -2.13. The van der Waals surface area contributed by atoms with Gasteiger partial charge >= 0.3 is 0 Å². The Labute approximate surface area is 205 Å². The van der Waals surface area contributed by atoms with Crippen molar-refractivity contribution >= 4 is 34.9 Å². The molecule has 0 spiro atoms. The van der Waals surface area contributed by atoms with Crippen molar-refractivity contribution < 1.29 is 9.53 Å². The fraction of sp³-hybridized carbons (Fsp3) is 0.138. The van der Waals surface area contributed by atoms with Crippen molar-refractivity contribution in [2.24, 2.45) is 0 Å². The normalized spacial score (nSPS) is 11.1. The van der Waals surface area contributed by atoms with Crippen LogP contribution >= 0.6 is 0 Å². The Bertz CT molecular complexity index is 1310. The third-order valence-corrected chi connectivity index (χ3v) is 5.19. The minimum Gasteiger partial charge on any atom is -0.494 e. The SMILES string of the molecule is CCOc1ccc(/C=C(/C(=O)Nc2cccc(Nc3nc(C)cc(C)n3)c2)c2ccccc2)cc1. The van der Waals surface area contributed by atoms with Crippen molar-refractivity contribution in [2.45, 2.75) is 20.8 Å². The number of hydrogen-bond acceptors (Lipinski definition) is 5. The zero-order valence-corrected chi connectivity index (χ0v) is 20.1. The van der Waals surface area contributed by atoms with Crippen LogP contribution in [-0.4, -0.2) is 22.5 Å². The van der Waals surface area contributed by atoms with Crippen molar-refractivity contribution in [1.29, 1.82) is 0 Å². The first kappa shape index (κ1) is 23.7. The molecule has 0 unspecified atom stereocenters. The van der Waals surface area contributed by atoms with Crippen molar-refractivity contribution in [3.63, 3.8) is 0 Å². The summed E-state index contributed by atoms with van der Waals surface area (Å²) in [6.45, 7) is 6.41. The van der Waals surface area contributed by atoms with Crippen LogP contribution in [0, 0.1) is 13.8 Å². The number of rotatable bonds is 8. The highest BCUT2D eigenvalue weighted by atomic mass is 16.5. The second-order valence-corrected chi connectivity index (χ2v) is 8.06. The summed E-state index contributed by atoms with van der Waals surface area (Å²) in [4.78, 5) is 22.2. The Balaban J connectivity index is 1.58. The maximum atomic E-state index is 13.4. The second-order valence-electron chi connectivity index (χ2n) is 8.06. The standard InChI is InChI=1S/C29H28N4O2/c1-4-35-26-15-13-22(14-16-26)18-27(23-9-6-5-7-10-23)28(34)32-24-11-8-12-25(19-24)33-29-30-20(2)17-21(3)31-29/h5-19H,4H2,1-3H3,(H,32,34)(H,30,31,33)/b27-18+. The summed E-state index contributed by atoms with van der Waals surface area (Å²) < 4.78 is 5.53. The van der Waals surface area contributed by atoms with E-state index in [0.717, 1.165) is 34.0 Å². The van der Waals surface area contributed by atoms with Crippen molar-refractivity contribution in [1.82, 2.24) is 9.97 Å². The first-order chi connectivity index (χ1) is 17.0. The highest BCUT2D eigenvalue weighted by Crippen LogP contribution is 2.24. The summed E-state index contributed by atoms with van der Waals surface area (Å²) in [7, 11) is 0.